The summed E-state index contributed by atoms with van der Waals surface area (Å²) >= 11 is 0.937. The maximum Gasteiger partial charge on any atom is 0.414 e. The molecule has 0 bridgehead atoms. The van der Waals surface area contributed by atoms with Crippen molar-refractivity contribution in [2.45, 2.75) is 0 Å². The molecule has 0 aromatic carbocycles. The number of hydrogen-bond donors (Lipinski definition) is 1. The molecule has 1 unspecified atom stereocenters. The van der Waals surface area contributed by atoms with Crippen LogP contribution in [0.5, 0.6) is 0 Å². The third-order valence-corrected chi connectivity index (χ3v) is 4.48. The van der Waals surface area contributed by atoms with Gasteiger partial charge in [0.25, 0.3) is 0 Å². The lowest BCUT2D eigenvalue weighted by atomic mass is 11.2. The average Bonchev–Trinajstić information content (AvgIpc) is 2.04. The van der Waals surface area contributed by atoms with Crippen LogP contribution in [0.1, 0.15) is 0 Å². The lowest BCUT2D eigenvalue weighted by Crippen LogP contribution is -2.19. The van der Waals surface area contributed by atoms with Crippen molar-refractivity contribution in [3.05, 3.63) is 0 Å². The highest BCUT2D eigenvalue weighted by Crippen LogP contribution is 2.53. The monoisotopic (exact) mass is 199 g/mol. The van der Waals surface area contributed by atoms with E-state index in [0.29, 0.717) is 0 Å². The summed E-state index contributed by atoms with van der Waals surface area (Å²) in [7, 11) is 2.45. The summed E-state index contributed by atoms with van der Waals surface area (Å²) in [6.07, 6.45) is 0.810. The normalized spacial score (nSPS) is 15.2. The zero-order chi connectivity index (χ0) is 8.91. The summed E-state index contributed by atoms with van der Waals surface area (Å²) in [5, 5.41) is 2.08. The molecule has 7 heteroatoms. The Labute approximate surface area is 69.1 Å². The van der Waals surface area contributed by atoms with Gasteiger partial charge in [0.05, 0.1) is 7.11 Å². The lowest BCUT2D eigenvalue weighted by molar-refractivity contribution is 0.176. The van der Waals surface area contributed by atoms with Crippen molar-refractivity contribution >= 4 is 24.2 Å². The van der Waals surface area contributed by atoms with Crippen LogP contribution >= 0.6 is 18.1 Å². The Hall–Kier alpha value is -0.190. The van der Waals surface area contributed by atoms with Crippen molar-refractivity contribution in [2.24, 2.45) is 0 Å². The van der Waals surface area contributed by atoms with Crippen LogP contribution in [0.2, 0.25) is 0 Å². The van der Waals surface area contributed by atoms with Gasteiger partial charge in [0.15, 0.2) is 0 Å². The van der Waals surface area contributed by atoms with E-state index in [1.54, 1.807) is 6.26 Å². The smallest absolute Gasteiger partial charge is 0.414 e. The molecular formula is C4H10NO4PS. The molecule has 1 N–H and O–H groups in total. The number of ether oxygens (including phenoxy) is 1. The maximum atomic E-state index is 11.2. The quantitative estimate of drug-likeness (QED) is 0.697. The van der Waals surface area contributed by atoms with Crippen LogP contribution in [0.4, 0.5) is 4.79 Å². The average molecular weight is 199 g/mol. The molecule has 0 saturated heterocycles. The summed E-state index contributed by atoms with van der Waals surface area (Å²) in [5.74, 6) is 0. The molecular weight excluding hydrogens is 189 g/mol. The Morgan fingerprint density at radius 2 is 2.09 bits per heavy atom. The van der Waals surface area contributed by atoms with Crippen LogP contribution in [0.25, 0.3) is 0 Å². The minimum atomic E-state index is -3.06. The molecule has 0 spiro atoms. The van der Waals surface area contributed by atoms with E-state index in [2.05, 4.69) is 14.3 Å². The molecule has 1 amide bonds. The van der Waals surface area contributed by atoms with Gasteiger partial charge in [0, 0.05) is 7.11 Å². The molecule has 66 valence electrons. The topological polar surface area (TPSA) is 64.6 Å². The molecule has 0 aliphatic heterocycles. The predicted molar refractivity (Wildman–Crippen MR) is 43.7 cm³/mol. The minimum absolute atomic E-state index is 0.760. The number of carbonyl (C=O) groups is 1. The standard InChI is InChI=1S/C4H10NO4PS/c1-8-4(6)5-10(7,9-2)11-3/h1-3H3,(H,5,6,7). The van der Waals surface area contributed by atoms with Crippen molar-refractivity contribution in [2.75, 3.05) is 20.5 Å². The van der Waals surface area contributed by atoms with Crippen molar-refractivity contribution < 1.29 is 18.6 Å². The third-order valence-electron chi connectivity index (χ3n) is 0.894. The first kappa shape index (κ1) is 10.8. The fourth-order valence-corrected chi connectivity index (χ4v) is 1.91. The third kappa shape index (κ3) is 3.65. The lowest BCUT2D eigenvalue weighted by Gasteiger charge is -2.12. The Morgan fingerprint density at radius 3 is 2.36 bits per heavy atom. The molecule has 0 saturated carbocycles. The fraction of sp³-hybridized carbons (Fsp3) is 0.750. The fourth-order valence-electron chi connectivity index (χ4n) is 0.323. The largest absolute Gasteiger partial charge is 0.453 e. The number of rotatable bonds is 3. The van der Waals surface area contributed by atoms with E-state index < -0.39 is 12.8 Å². The SMILES string of the molecule is COC(=O)NP(=O)(OC)SC. The molecule has 0 fully saturated rings. The molecule has 0 aromatic heterocycles. The second-order valence-electron chi connectivity index (χ2n) is 1.47. The second kappa shape index (κ2) is 4.64. The van der Waals surface area contributed by atoms with Gasteiger partial charge in [-0.3, -0.25) is 4.57 Å². The first-order valence-electron chi connectivity index (χ1n) is 2.65. The molecule has 11 heavy (non-hydrogen) atoms. The van der Waals surface area contributed by atoms with Gasteiger partial charge in [-0.2, -0.15) is 0 Å². The number of amides is 1. The van der Waals surface area contributed by atoms with E-state index in [1.807, 2.05) is 0 Å². The van der Waals surface area contributed by atoms with Crippen LogP contribution in [-0.4, -0.2) is 26.6 Å². The zero-order valence-corrected chi connectivity index (χ0v) is 8.20. The molecule has 0 aromatic rings. The molecule has 5 nitrogen and oxygen atoms in total. The molecule has 0 radical (unpaired) electrons. The summed E-state index contributed by atoms with van der Waals surface area (Å²) in [5.41, 5.74) is 0. The van der Waals surface area contributed by atoms with Gasteiger partial charge in [-0.15, -0.1) is 0 Å². The summed E-state index contributed by atoms with van der Waals surface area (Å²) in [6.45, 7) is -3.06. The van der Waals surface area contributed by atoms with E-state index in [0.717, 1.165) is 11.4 Å². The number of nitrogens with one attached hydrogen (secondary N) is 1. The maximum absolute atomic E-state index is 11.2. The Balaban J connectivity index is 4.09. The molecule has 1 atom stereocenters. The van der Waals surface area contributed by atoms with Gasteiger partial charge in [-0.1, -0.05) is 11.4 Å². The van der Waals surface area contributed by atoms with Crippen LogP contribution in [0, 0.1) is 0 Å². The van der Waals surface area contributed by atoms with E-state index in [1.165, 1.54) is 14.2 Å². The van der Waals surface area contributed by atoms with E-state index in [4.69, 9.17) is 0 Å². The molecule has 0 aliphatic carbocycles. The highest BCUT2D eigenvalue weighted by molar-refractivity contribution is 8.55. The highest BCUT2D eigenvalue weighted by atomic mass is 32.7. The van der Waals surface area contributed by atoms with Crippen LogP contribution in [0.15, 0.2) is 0 Å². The second-order valence-corrected chi connectivity index (χ2v) is 5.95. The number of hydrogen-bond acceptors (Lipinski definition) is 5. The Bertz CT molecular complexity index is 177. The number of methoxy groups -OCH3 is 1. The van der Waals surface area contributed by atoms with Gasteiger partial charge in [-0.05, 0) is 6.26 Å². The summed E-state index contributed by atoms with van der Waals surface area (Å²) < 4.78 is 20.0. The summed E-state index contributed by atoms with van der Waals surface area (Å²) in [4.78, 5) is 10.5. The predicted octanol–water partition coefficient (Wildman–Crippen LogP) is 1.46. The number of carbonyl (C=O) groups excluding carboxylic acids is 1. The molecule has 0 heterocycles. The van der Waals surface area contributed by atoms with Crippen molar-refractivity contribution in [3.63, 3.8) is 0 Å². The van der Waals surface area contributed by atoms with Crippen LogP contribution < -0.4 is 5.09 Å². The first-order valence-corrected chi connectivity index (χ1v) is 6.11. The van der Waals surface area contributed by atoms with Crippen molar-refractivity contribution in [1.29, 1.82) is 0 Å². The molecule has 0 aliphatic rings. The van der Waals surface area contributed by atoms with Gasteiger partial charge < -0.3 is 9.26 Å². The van der Waals surface area contributed by atoms with Gasteiger partial charge in [-0.25, -0.2) is 9.88 Å². The van der Waals surface area contributed by atoms with Gasteiger partial charge in [0.2, 0.25) is 0 Å². The first-order chi connectivity index (χ1) is 5.08. The van der Waals surface area contributed by atoms with Crippen molar-refractivity contribution in [3.8, 4) is 0 Å². The van der Waals surface area contributed by atoms with Gasteiger partial charge in [0.1, 0.15) is 0 Å². The van der Waals surface area contributed by atoms with Crippen LogP contribution in [0.3, 0.4) is 0 Å². The Morgan fingerprint density at radius 1 is 1.55 bits per heavy atom. The summed E-state index contributed by atoms with van der Waals surface area (Å²) in [6, 6.07) is 0. The van der Waals surface area contributed by atoms with E-state index in [-0.39, 0.29) is 0 Å². The van der Waals surface area contributed by atoms with Crippen molar-refractivity contribution in [1.82, 2.24) is 5.09 Å². The zero-order valence-electron chi connectivity index (χ0n) is 6.49. The Kier molecular flexibility index (Phi) is 4.56. The van der Waals surface area contributed by atoms with E-state index >= 15 is 0 Å². The van der Waals surface area contributed by atoms with Crippen LogP contribution in [-0.2, 0) is 13.8 Å². The molecule has 0 rings (SSSR count). The van der Waals surface area contributed by atoms with E-state index in [9.17, 15) is 9.36 Å². The van der Waals surface area contributed by atoms with Gasteiger partial charge >= 0.3 is 12.8 Å². The minimum Gasteiger partial charge on any atom is -0.453 e. The highest BCUT2D eigenvalue weighted by Gasteiger charge is 2.22.